The summed E-state index contributed by atoms with van der Waals surface area (Å²) >= 11 is 1.34. The van der Waals surface area contributed by atoms with Gasteiger partial charge in [0.15, 0.2) is 5.16 Å². The molecule has 0 fully saturated rings. The van der Waals surface area contributed by atoms with E-state index in [-0.39, 0.29) is 17.7 Å². The van der Waals surface area contributed by atoms with E-state index in [0.717, 1.165) is 47.6 Å². The molecule has 9 heteroatoms. The zero-order valence-corrected chi connectivity index (χ0v) is 20.5. The first-order valence-electron chi connectivity index (χ1n) is 11.4. The molecule has 0 saturated heterocycles. The maximum atomic E-state index is 13.4. The van der Waals surface area contributed by atoms with E-state index in [4.69, 9.17) is 9.47 Å². The first kappa shape index (κ1) is 23.0. The fourth-order valence-electron chi connectivity index (χ4n) is 4.54. The van der Waals surface area contributed by atoms with Crippen molar-refractivity contribution in [2.45, 2.75) is 30.5 Å². The molecule has 180 valence electrons. The maximum absolute atomic E-state index is 13.4. The van der Waals surface area contributed by atoms with Crippen LogP contribution in [0.15, 0.2) is 76.9 Å². The molecule has 35 heavy (non-hydrogen) atoms. The number of aromatic nitrogens is 3. The van der Waals surface area contributed by atoms with Crippen molar-refractivity contribution in [2.24, 2.45) is 0 Å². The number of aromatic amines is 1. The van der Waals surface area contributed by atoms with Crippen LogP contribution in [-0.2, 0) is 4.79 Å². The van der Waals surface area contributed by atoms with Crippen molar-refractivity contribution >= 4 is 23.7 Å². The van der Waals surface area contributed by atoms with Crippen molar-refractivity contribution in [1.82, 2.24) is 25.6 Å². The predicted molar refractivity (Wildman–Crippen MR) is 135 cm³/mol. The van der Waals surface area contributed by atoms with E-state index in [9.17, 15) is 4.79 Å². The zero-order chi connectivity index (χ0) is 24.2. The van der Waals surface area contributed by atoms with Crippen LogP contribution < -0.4 is 14.9 Å². The molecular formula is C26H27N5O3S. The summed E-state index contributed by atoms with van der Waals surface area (Å²) in [6, 6.07) is 15.8. The van der Waals surface area contributed by atoms with E-state index < -0.39 is 0 Å². The van der Waals surface area contributed by atoms with Crippen LogP contribution in [0, 0.1) is 0 Å². The molecule has 1 amide bonds. The number of benzene rings is 2. The minimum absolute atomic E-state index is 0.0228. The molecule has 5 rings (SSSR count). The van der Waals surface area contributed by atoms with Gasteiger partial charge in [-0.2, -0.15) is 5.10 Å². The number of nitrogens with zero attached hydrogens (tertiary/aromatic N) is 3. The van der Waals surface area contributed by atoms with E-state index in [1.54, 1.807) is 19.2 Å². The van der Waals surface area contributed by atoms with E-state index in [2.05, 4.69) is 26.7 Å². The van der Waals surface area contributed by atoms with Crippen LogP contribution in [-0.4, -0.2) is 46.1 Å². The lowest BCUT2D eigenvalue weighted by Gasteiger charge is -2.27. The molecule has 1 aliphatic carbocycles. The average molecular weight is 490 g/mol. The summed E-state index contributed by atoms with van der Waals surface area (Å²) in [6.45, 7) is 0. The van der Waals surface area contributed by atoms with Gasteiger partial charge in [-0.3, -0.25) is 15.3 Å². The van der Waals surface area contributed by atoms with E-state index in [1.807, 2.05) is 48.5 Å². The predicted octanol–water partition coefficient (Wildman–Crippen LogP) is 4.52. The molecule has 3 aromatic rings. The molecule has 0 unspecified atom stereocenters. The standard InChI is InChI=1S/C26H27N5O3S/c1-33-20-10-6-17(7-11-20)14-19-4-3-5-22-24(19)30-31(23(32)15-35-26-27-16-28-29-26)25(22)18-8-12-21(34-2)13-9-18/h6-14,16,25,30H,3-5,15H2,1-2H3,(H,27,28,29)/b19-14-/t25-/m1/s1. The third-order valence-electron chi connectivity index (χ3n) is 6.24. The van der Waals surface area contributed by atoms with Gasteiger partial charge in [-0.15, -0.1) is 0 Å². The highest BCUT2D eigenvalue weighted by Crippen LogP contribution is 2.44. The van der Waals surface area contributed by atoms with Gasteiger partial charge >= 0.3 is 0 Å². The highest BCUT2D eigenvalue weighted by molar-refractivity contribution is 7.99. The topological polar surface area (TPSA) is 92.4 Å². The number of thioether (sulfide) groups is 1. The Hall–Kier alpha value is -3.72. The Balaban J connectivity index is 1.47. The van der Waals surface area contributed by atoms with Crippen LogP contribution in [0.5, 0.6) is 11.5 Å². The second kappa shape index (κ2) is 10.3. The molecular weight excluding hydrogens is 462 g/mol. The van der Waals surface area contributed by atoms with Crippen molar-refractivity contribution in [2.75, 3.05) is 20.0 Å². The van der Waals surface area contributed by atoms with Crippen molar-refractivity contribution in [3.63, 3.8) is 0 Å². The second-order valence-electron chi connectivity index (χ2n) is 8.33. The first-order chi connectivity index (χ1) is 17.2. The molecule has 1 aromatic heterocycles. The third kappa shape index (κ3) is 4.90. The number of ether oxygens (including phenoxy) is 2. The Bertz CT molecular complexity index is 1240. The number of hydrogen-bond acceptors (Lipinski definition) is 7. The number of hydrazine groups is 1. The molecule has 0 radical (unpaired) electrons. The first-order valence-corrected chi connectivity index (χ1v) is 12.4. The number of rotatable bonds is 7. The third-order valence-corrected chi connectivity index (χ3v) is 7.10. The van der Waals surface area contributed by atoms with Gasteiger partial charge in [0.1, 0.15) is 23.9 Å². The normalized spacial score (nSPS) is 18.4. The number of carbonyl (C=O) groups is 1. The highest BCUT2D eigenvalue weighted by atomic mass is 32.2. The zero-order valence-electron chi connectivity index (χ0n) is 19.7. The Morgan fingerprint density at radius 1 is 1.09 bits per heavy atom. The fourth-order valence-corrected chi connectivity index (χ4v) is 5.17. The number of allylic oxidation sites excluding steroid dienone is 1. The molecule has 8 nitrogen and oxygen atoms in total. The van der Waals surface area contributed by atoms with Gasteiger partial charge in [0.05, 0.1) is 25.7 Å². The summed E-state index contributed by atoms with van der Waals surface area (Å²) < 4.78 is 10.6. The highest BCUT2D eigenvalue weighted by Gasteiger charge is 2.39. The van der Waals surface area contributed by atoms with Gasteiger partial charge in [0.2, 0.25) is 0 Å². The Morgan fingerprint density at radius 2 is 1.80 bits per heavy atom. The van der Waals surface area contributed by atoms with Gasteiger partial charge < -0.3 is 9.47 Å². The van der Waals surface area contributed by atoms with Crippen LogP contribution in [0.2, 0.25) is 0 Å². The van der Waals surface area contributed by atoms with Crippen LogP contribution in [0.1, 0.15) is 36.4 Å². The Kier molecular flexibility index (Phi) is 6.76. The quantitative estimate of drug-likeness (QED) is 0.471. The minimum atomic E-state index is -0.182. The Morgan fingerprint density at radius 3 is 2.46 bits per heavy atom. The van der Waals surface area contributed by atoms with Crippen molar-refractivity contribution in [3.8, 4) is 11.5 Å². The van der Waals surface area contributed by atoms with E-state index >= 15 is 0 Å². The van der Waals surface area contributed by atoms with E-state index in [0.29, 0.717) is 5.16 Å². The van der Waals surface area contributed by atoms with E-state index in [1.165, 1.54) is 29.2 Å². The summed E-state index contributed by atoms with van der Waals surface area (Å²) in [5.41, 5.74) is 9.11. The van der Waals surface area contributed by atoms with Gasteiger partial charge in [-0.05, 0) is 71.9 Å². The largest absolute Gasteiger partial charge is 0.497 e. The number of H-pyrrole nitrogens is 1. The summed E-state index contributed by atoms with van der Waals surface area (Å²) in [5, 5.41) is 9.05. The van der Waals surface area contributed by atoms with Crippen LogP contribution in [0.3, 0.4) is 0 Å². The number of carbonyl (C=O) groups excluding carboxylic acids is 1. The maximum Gasteiger partial charge on any atom is 0.252 e. The van der Waals surface area contributed by atoms with Crippen molar-refractivity contribution < 1.29 is 14.3 Å². The molecule has 1 atom stereocenters. The van der Waals surface area contributed by atoms with Crippen LogP contribution in [0.4, 0.5) is 0 Å². The van der Waals surface area contributed by atoms with Gasteiger partial charge in [-0.25, -0.2) is 9.99 Å². The average Bonchev–Trinajstić information content (AvgIpc) is 3.56. The summed E-state index contributed by atoms with van der Waals surface area (Å²) in [6.07, 6.45) is 6.55. The monoisotopic (exact) mass is 489 g/mol. The Labute approximate surface area is 208 Å². The summed E-state index contributed by atoms with van der Waals surface area (Å²) in [5.74, 6) is 1.84. The van der Waals surface area contributed by atoms with Crippen LogP contribution >= 0.6 is 11.8 Å². The van der Waals surface area contributed by atoms with Crippen molar-refractivity contribution in [3.05, 3.63) is 82.8 Å². The van der Waals surface area contributed by atoms with Gasteiger partial charge in [0.25, 0.3) is 5.91 Å². The molecule has 0 bridgehead atoms. The SMILES string of the molecule is COc1ccc(/C=C2/CCCC3=C2NN(C(=O)CSc2ncn[nH]2)[C@@H]3c2ccc(OC)cc2)cc1. The number of nitrogens with one attached hydrogen (secondary N) is 2. The minimum Gasteiger partial charge on any atom is -0.497 e. The lowest BCUT2D eigenvalue weighted by Crippen LogP contribution is -2.41. The second-order valence-corrected chi connectivity index (χ2v) is 9.29. The molecule has 2 heterocycles. The molecule has 2 N–H and O–H groups in total. The van der Waals surface area contributed by atoms with Gasteiger partial charge in [0, 0.05) is 0 Å². The number of hydrogen-bond donors (Lipinski definition) is 2. The number of methoxy groups -OCH3 is 2. The molecule has 2 aliphatic rings. The van der Waals surface area contributed by atoms with Crippen molar-refractivity contribution in [1.29, 1.82) is 0 Å². The van der Waals surface area contributed by atoms with Crippen LogP contribution in [0.25, 0.3) is 6.08 Å². The smallest absolute Gasteiger partial charge is 0.252 e. The number of amides is 1. The summed E-state index contributed by atoms with van der Waals surface area (Å²) in [4.78, 5) is 17.5. The molecule has 2 aromatic carbocycles. The molecule has 0 spiro atoms. The fraction of sp³-hybridized carbons (Fsp3) is 0.269. The molecule has 1 aliphatic heterocycles. The molecule has 0 saturated carbocycles. The lowest BCUT2D eigenvalue weighted by atomic mass is 9.86. The summed E-state index contributed by atoms with van der Waals surface area (Å²) in [7, 11) is 3.32. The van der Waals surface area contributed by atoms with Gasteiger partial charge in [-0.1, -0.05) is 36.0 Å². The lowest BCUT2D eigenvalue weighted by molar-refractivity contribution is -0.131.